The van der Waals surface area contributed by atoms with Gasteiger partial charge in [-0.15, -0.1) is 0 Å². The zero-order valence-corrected chi connectivity index (χ0v) is 10.7. The summed E-state index contributed by atoms with van der Waals surface area (Å²) in [7, 11) is 0. The molecule has 0 amide bonds. The van der Waals surface area contributed by atoms with Crippen LogP contribution in [0.25, 0.3) is 0 Å². The van der Waals surface area contributed by atoms with Gasteiger partial charge in [-0.25, -0.2) is 4.98 Å². The van der Waals surface area contributed by atoms with Crippen LogP contribution in [-0.4, -0.2) is 22.1 Å². The molecule has 1 heterocycles. The molecule has 0 saturated heterocycles. The lowest BCUT2D eigenvalue weighted by Gasteiger charge is -2.08. The average molecular weight is 265 g/mol. The van der Waals surface area contributed by atoms with E-state index in [0.717, 1.165) is 11.3 Å². The number of aryl methyl sites for hydroxylation is 1. The third-order valence-corrected chi connectivity index (χ3v) is 2.74. The highest BCUT2D eigenvalue weighted by Crippen LogP contribution is 2.21. The fourth-order valence-corrected chi connectivity index (χ4v) is 1.79. The van der Waals surface area contributed by atoms with Gasteiger partial charge in [0.1, 0.15) is 12.1 Å². The molecule has 0 bridgehead atoms. The summed E-state index contributed by atoms with van der Waals surface area (Å²) in [5, 5.41) is 0.675. The minimum absolute atomic E-state index is 0.0425. The van der Waals surface area contributed by atoms with E-state index >= 15 is 0 Å². The van der Waals surface area contributed by atoms with E-state index in [1.165, 1.54) is 10.9 Å². The van der Waals surface area contributed by atoms with E-state index in [-0.39, 0.29) is 5.91 Å². The molecule has 0 saturated carbocycles. The Balaban J connectivity index is 1.87. The average Bonchev–Trinajstić information content (AvgIpc) is 2.85. The van der Waals surface area contributed by atoms with Gasteiger partial charge in [-0.2, -0.15) is 0 Å². The number of halogens is 1. The molecule has 1 aromatic carbocycles. The summed E-state index contributed by atoms with van der Waals surface area (Å²) in [6.07, 6.45) is 4.98. The molecule has 2 aromatic rings. The number of ether oxygens (including phenoxy) is 1. The molecular formula is C13H13ClN2O2. The fraction of sp³-hybridized carbons (Fsp3) is 0.231. The van der Waals surface area contributed by atoms with Crippen LogP contribution in [0.5, 0.6) is 5.75 Å². The van der Waals surface area contributed by atoms with E-state index in [4.69, 9.17) is 16.3 Å². The van der Waals surface area contributed by atoms with E-state index in [1.807, 2.05) is 13.0 Å². The highest BCUT2D eigenvalue weighted by atomic mass is 35.5. The molecule has 94 valence electrons. The first-order valence-electron chi connectivity index (χ1n) is 5.57. The number of imidazole rings is 1. The summed E-state index contributed by atoms with van der Waals surface area (Å²) in [6.45, 7) is 2.25. The van der Waals surface area contributed by atoms with Crippen LogP contribution >= 0.6 is 11.6 Å². The Bertz CT molecular complexity index is 538. The van der Waals surface area contributed by atoms with Gasteiger partial charge in [-0.1, -0.05) is 11.6 Å². The number of carbonyl (C=O) groups excluding carboxylic acids is 1. The molecule has 0 N–H and O–H groups in total. The summed E-state index contributed by atoms with van der Waals surface area (Å²) >= 11 is 5.85. The van der Waals surface area contributed by atoms with Gasteiger partial charge in [0.25, 0.3) is 0 Å². The van der Waals surface area contributed by atoms with Gasteiger partial charge in [-0.05, 0) is 30.7 Å². The fourth-order valence-electron chi connectivity index (χ4n) is 1.56. The molecule has 2 rings (SSSR count). The Morgan fingerprint density at radius 1 is 1.50 bits per heavy atom. The van der Waals surface area contributed by atoms with Crippen LogP contribution in [0.4, 0.5) is 0 Å². The quantitative estimate of drug-likeness (QED) is 0.853. The maximum Gasteiger partial charge on any atom is 0.235 e. The second kappa shape index (κ2) is 5.69. The summed E-state index contributed by atoms with van der Waals surface area (Å²) in [4.78, 5) is 15.5. The van der Waals surface area contributed by atoms with Gasteiger partial charge < -0.3 is 4.74 Å². The minimum atomic E-state index is -0.0425. The molecule has 0 aliphatic carbocycles. The van der Waals surface area contributed by atoms with Crippen molar-refractivity contribution in [2.75, 3.05) is 6.61 Å². The predicted molar refractivity (Wildman–Crippen MR) is 69.2 cm³/mol. The van der Waals surface area contributed by atoms with Crippen LogP contribution in [0.15, 0.2) is 36.9 Å². The first-order valence-corrected chi connectivity index (χ1v) is 5.95. The van der Waals surface area contributed by atoms with Crippen molar-refractivity contribution >= 4 is 17.5 Å². The molecule has 0 aliphatic rings. The molecule has 1 aromatic heterocycles. The van der Waals surface area contributed by atoms with Crippen molar-refractivity contribution in [2.45, 2.75) is 13.3 Å². The second-order valence-corrected chi connectivity index (χ2v) is 4.31. The molecule has 0 unspecified atom stereocenters. The molecule has 0 spiro atoms. The minimum Gasteiger partial charge on any atom is -0.493 e. The zero-order chi connectivity index (χ0) is 13.0. The van der Waals surface area contributed by atoms with Crippen molar-refractivity contribution in [1.29, 1.82) is 0 Å². The third-order valence-electron chi connectivity index (χ3n) is 2.50. The van der Waals surface area contributed by atoms with E-state index in [2.05, 4.69) is 4.98 Å². The normalized spacial score (nSPS) is 10.3. The Labute approximate surface area is 110 Å². The maximum absolute atomic E-state index is 11.7. The van der Waals surface area contributed by atoms with Crippen LogP contribution in [0.1, 0.15) is 16.8 Å². The molecular weight excluding hydrogens is 252 g/mol. The third kappa shape index (κ3) is 3.11. The number of hydrogen-bond acceptors (Lipinski definition) is 3. The predicted octanol–water partition coefficient (Wildman–Crippen LogP) is 2.95. The van der Waals surface area contributed by atoms with Gasteiger partial charge in [0.2, 0.25) is 5.91 Å². The number of rotatable bonds is 4. The number of benzene rings is 1. The van der Waals surface area contributed by atoms with Crippen LogP contribution in [0, 0.1) is 6.92 Å². The molecule has 0 fully saturated rings. The zero-order valence-electron chi connectivity index (χ0n) is 9.97. The molecule has 0 radical (unpaired) electrons. The van der Waals surface area contributed by atoms with E-state index in [9.17, 15) is 4.79 Å². The van der Waals surface area contributed by atoms with E-state index in [1.54, 1.807) is 24.5 Å². The Hall–Kier alpha value is -1.81. The summed E-state index contributed by atoms with van der Waals surface area (Å²) in [5.74, 6) is 0.706. The first kappa shape index (κ1) is 12.6. The van der Waals surface area contributed by atoms with Crippen molar-refractivity contribution in [3.8, 4) is 5.75 Å². The van der Waals surface area contributed by atoms with Crippen molar-refractivity contribution in [3.05, 3.63) is 47.5 Å². The van der Waals surface area contributed by atoms with Gasteiger partial charge in [0.15, 0.2) is 0 Å². The molecule has 0 aliphatic heterocycles. The highest BCUT2D eigenvalue weighted by molar-refractivity contribution is 6.30. The van der Waals surface area contributed by atoms with E-state index < -0.39 is 0 Å². The van der Waals surface area contributed by atoms with Crippen LogP contribution < -0.4 is 4.74 Å². The molecule has 4 nitrogen and oxygen atoms in total. The number of aromatic nitrogens is 2. The Morgan fingerprint density at radius 2 is 2.33 bits per heavy atom. The summed E-state index contributed by atoms with van der Waals surface area (Å²) < 4.78 is 6.99. The van der Waals surface area contributed by atoms with Crippen LogP contribution in [0.2, 0.25) is 5.02 Å². The number of nitrogens with zero attached hydrogens (tertiary/aromatic N) is 2. The second-order valence-electron chi connectivity index (χ2n) is 3.87. The molecule has 5 heteroatoms. The maximum atomic E-state index is 11.7. The Morgan fingerprint density at radius 3 is 3.00 bits per heavy atom. The van der Waals surface area contributed by atoms with Crippen LogP contribution in [-0.2, 0) is 0 Å². The summed E-state index contributed by atoms with van der Waals surface area (Å²) in [5.41, 5.74) is 0.956. The topological polar surface area (TPSA) is 44.1 Å². The van der Waals surface area contributed by atoms with Crippen molar-refractivity contribution < 1.29 is 9.53 Å². The highest BCUT2D eigenvalue weighted by Gasteiger charge is 2.05. The SMILES string of the molecule is Cc1cc(Cl)ccc1OCCC(=O)n1ccnc1. The summed E-state index contributed by atoms with van der Waals surface area (Å²) in [6, 6.07) is 5.40. The van der Waals surface area contributed by atoms with E-state index in [0.29, 0.717) is 18.1 Å². The van der Waals surface area contributed by atoms with Crippen molar-refractivity contribution in [3.63, 3.8) is 0 Å². The Kier molecular flexibility index (Phi) is 3.99. The van der Waals surface area contributed by atoms with Gasteiger partial charge in [0.05, 0.1) is 13.0 Å². The smallest absolute Gasteiger partial charge is 0.235 e. The lowest BCUT2D eigenvalue weighted by atomic mass is 10.2. The monoisotopic (exact) mass is 264 g/mol. The lowest BCUT2D eigenvalue weighted by Crippen LogP contribution is -2.12. The number of carbonyl (C=O) groups is 1. The first-order chi connectivity index (χ1) is 8.66. The van der Waals surface area contributed by atoms with Crippen molar-refractivity contribution in [2.24, 2.45) is 0 Å². The largest absolute Gasteiger partial charge is 0.493 e. The number of hydrogen-bond donors (Lipinski definition) is 0. The standard InChI is InChI=1S/C13H13ClN2O2/c1-10-8-11(14)2-3-12(10)18-7-4-13(17)16-6-5-15-9-16/h2-3,5-6,8-9H,4,7H2,1H3. The molecule has 0 atom stereocenters. The van der Waals surface area contributed by atoms with Crippen LogP contribution in [0.3, 0.4) is 0 Å². The van der Waals surface area contributed by atoms with Gasteiger partial charge in [-0.3, -0.25) is 9.36 Å². The van der Waals surface area contributed by atoms with Gasteiger partial charge in [0, 0.05) is 17.4 Å². The van der Waals surface area contributed by atoms with Crippen molar-refractivity contribution in [1.82, 2.24) is 9.55 Å². The lowest BCUT2D eigenvalue weighted by molar-refractivity contribution is 0.0881. The molecule has 18 heavy (non-hydrogen) atoms. The van der Waals surface area contributed by atoms with Gasteiger partial charge >= 0.3 is 0 Å².